The van der Waals surface area contributed by atoms with Gasteiger partial charge < -0.3 is 5.73 Å². The molecular formula is C14H17BrClN3S. The summed E-state index contributed by atoms with van der Waals surface area (Å²) in [5, 5.41) is 0. The lowest BCUT2D eigenvalue weighted by Crippen LogP contribution is -2.31. The standard InChI is InChI=1S/C14H17BrClN3S/c1-19(7-5-10-4-2-3-6-18-10)12(9-17)13-8-11(15)14(16)20-13/h2-4,6,8,12H,5,7,9,17H2,1H3. The number of thiophene rings is 1. The van der Waals surface area contributed by atoms with Crippen LogP contribution < -0.4 is 5.73 Å². The predicted molar refractivity (Wildman–Crippen MR) is 89.4 cm³/mol. The molecule has 1 unspecified atom stereocenters. The summed E-state index contributed by atoms with van der Waals surface area (Å²) >= 11 is 11.1. The van der Waals surface area contributed by atoms with E-state index < -0.39 is 0 Å². The Morgan fingerprint density at radius 1 is 1.50 bits per heavy atom. The fourth-order valence-electron chi connectivity index (χ4n) is 2.03. The maximum Gasteiger partial charge on any atom is 0.107 e. The highest BCUT2D eigenvalue weighted by molar-refractivity contribution is 9.10. The van der Waals surface area contributed by atoms with Crippen molar-refractivity contribution in [1.29, 1.82) is 0 Å². The Hall–Kier alpha value is -0.460. The summed E-state index contributed by atoms with van der Waals surface area (Å²) in [6.07, 6.45) is 2.74. The van der Waals surface area contributed by atoms with Gasteiger partial charge in [-0.1, -0.05) is 17.7 Å². The minimum absolute atomic E-state index is 0.188. The first kappa shape index (κ1) is 15.9. The quantitative estimate of drug-likeness (QED) is 0.837. The normalized spacial score (nSPS) is 12.8. The van der Waals surface area contributed by atoms with E-state index >= 15 is 0 Å². The first-order valence-corrected chi connectivity index (χ1v) is 8.35. The Kier molecular flexibility index (Phi) is 5.99. The van der Waals surface area contributed by atoms with Gasteiger partial charge in [0.15, 0.2) is 0 Å². The van der Waals surface area contributed by atoms with Crippen molar-refractivity contribution in [3.05, 3.63) is 49.8 Å². The maximum absolute atomic E-state index is 6.11. The number of rotatable bonds is 6. The summed E-state index contributed by atoms with van der Waals surface area (Å²) in [5.41, 5.74) is 7.02. The molecule has 0 saturated carbocycles. The molecule has 0 aliphatic rings. The van der Waals surface area contributed by atoms with Crippen molar-refractivity contribution in [2.75, 3.05) is 20.1 Å². The molecule has 0 aromatic carbocycles. The fraction of sp³-hybridized carbons (Fsp3) is 0.357. The van der Waals surface area contributed by atoms with Crippen LogP contribution in [0.5, 0.6) is 0 Å². The molecule has 2 rings (SSSR count). The minimum atomic E-state index is 0.188. The van der Waals surface area contributed by atoms with Crippen LogP contribution in [-0.4, -0.2) is 30.0 Å². The van der Waals surface area contributed by atoms with Crippen LogP contribution in [0.15, 0.2) is 34.9 Å². The molecule has 0 amide bonds. The van der Waals surface area contributed by atoms with Crippen LogP contribution in [-0.2, 0) is 6.42 Å². The van der Waals surface area contributed by atoms with Crippen molar-refractivity contribution in [2.24, 2.45) is 5.73 Å². The molecule has 0 spiro atoms. The van der Waals surface area contributed by atoms with Crippen LogP contribution in [0.25, 0.3) is 0 Å². The second-order valence-corrected chi connectivity index (χ2v) is 7.11. The smallest absolute Gasteiger partial charge is 0.107 e. The Balaban J connectivity index is 2.00. The summed E-state index contributed by atoms with van der Waals surface area (Å²) in [4.78, 5) is 7.78. The highest BCUT2D eigenvalue weighted by atomic mass is 79.9. The second kappa shape index (κ2) is 7.52. The Bertz CT molecular complexity index is 527. The molecule has 0 saturated heterocycles. The van der Waals surface area contributed by atoms with E-state index in [1.807, 2.05) is 24.4 Å². The molecule has 2 N–H and O–H groups in total. The zero-order chi connectivity index (χ0) is 14.5. The zero-order valence-electron chi connectivity index (χ0n) is 11.2. The van der Waals surface area contributed by atoms with Gasteiger partial charge in [-0.05, 0) is 41.2 Å². The first-order chi connectivity index (χ1) is 9.61. The van der Waals surface area contributed by atoms with Crippen LogP contribution >= 0.6 is 38.9 Å². The maximum atomic E-state index is 6.11. The van der Waals surface area contributed by atoms with E-state index in [1.54, 1.807) is 11.3 Å². The van der Waals surface area contributed by atoms with Crippen molar-refractivity contribution in [3.63, 3.8) is 0 Å². The molecule has 0 radical (unpaired) electrons. The summed E-state index contributed by atoms with van der Waals surface area (Å²) in [7, 11) is 2.09. The van der Waals surface area contributed by atoms with Gasteiger partial charge >= 0.3 is 0 Å². The van der Waals surface area contributed by atoms with Gasteiger partial charge in [0, 0.05) is 40.8 Å². The largest absolute Gasteiger partial charge is 0.329 e. The number of nitrogens with zero attached hydrogens (tertiary/aromatic N) is 2. The molecule has 0 aliphatic carbocycles. The molecule has 2 heterocycles. The van der Waals surface area contributed by atoms with Crippen molar-refractivity contribution < 1.29 is 0 Å². The van der Waals surface area contributed by atoms with E-state index in [4.69, 9.17) is 17.3 Å². The van der Waals surface area contributed by atoms with Crippen molar-refractivity contribution in [3.8, 4) is 0 Å². The fourth-order valence-corrected chi connectivity index (χ4v) is 3.95. The molecule has 0 aliphatic heterocycles. The van der Waals surface area contributed by atoms with E-state index in [1.165, 1.54) is 4.88 Å². The van der Waals surface area contributed by atoms with Gasteiger partial charge in [-0.2, -0.15) is 0 Å². The lowest BCUT2D eigenvalue weighted by Gasteiger charge is -2.25. The van der Waals surface area contributed by atoms with Gasteiger partial charge in [-0.3, -0.25) is 9.88 Å². The van der Waals surface area contributed by atoms with E-state index in [2.05, 4.69) is 38.9 Å². The van der Waals surface area contributed by atoms with E-state index in [0.29, 0.717) is 6.54 Å². The number of likely N-dealkylation sites (N-methyl/N-ethyl adjacent to an activating group) is 1. The number of halogens is 2. The molecule has 108 valence electrons. The molecular weight excluding hydrogens is 358 g/mol. The number of nitrogens with two attached hydrogens (primary N) is 1. The number of aromatic nitrogens is 1. The lowest BCUT2D eigenvalue weighted by molar-refractivity contribution is 0.256. The van der Waals surface area contributed by atoms with Gasteiger partial charge in [-0.15, -0.1) is 11.3 Å². The Morgan fingerprint density at radius 3 is 2.85 bits per heavy atom. The Morgan fingerprint density at radius 2 is 2.30 bits per heavy atom. The van der Waals surface area contributed by atoms with Crippen LogP contribution in [0.4, 0.5) is 0 Å². The molecule has 1 atom stereocenters. The van der Waals surface area contributed by atoms with Gasteiger partial charge in [0.1, 0.15) is 4.34 Å². The van der Waals surface area contributed by atoms with Crippen molar-refractivity contribution in [1.82, 2.24) is 9.88 Å². The van der Waals surface area contributed by atoms with Gasteiger partial charge in [0.05, 0.1) is 6.04 Å². The average Bonchev–Trinajstić information content (AvgIpc) is 2.78. The first-order valence-electron chi connectivity index (χ1n) is 6.36. The third-order valence-corrected chi connectivity index (χ3v) is 5.77. The average molecular weight is 375 g/mol. The van der Waals surface area contributed by atoms with Crippen LogP contribution in [0.1, 0.15) is 16.6 Å². The number of hydrogen-bond acceptors (Lipinski definition) is 4. The zero-order valence-corrected chi connectivity index (χ0v) is 14.4. The molecule has 20 heavy (non-hydrogen) atoms. The topological polar surface area (TPSA) is 42.2 Å². The SMILES string of the molecule is CN(CCc1ccccn1)C(CN)c1cc(Br)c(Cl)s1. The molecule has 6 heteroatoms. The molecule has 0 bridgehead atoms. The van der Waals surface area contributed by atoms with Gasteiger partial charge in [0.2, 0.25) is 0 Å². The lowest BCUT2D eigenvalue weighted by atomic mass is 10.2. The summed E-state index contributed by atoms with van der Waals surface area (Å²) < 4.78 is 1.72. The third-order valence-electron chi connectivity index (χ3n) is 3.19. The third kappa shape index (κ3) is 4.02. The van der Waals surface area contributed by atoms with Crippen molar-refractivity contribution in [2.45, 2.75) is 12.5 Å². The van der Waals surface area contributed by atoms with Crippen molar-refractivity contribution >= 4 is 38.9 Å². The van der Waals surface area contributed by atoms with Crippen LogP contribution in [0.2, 0.25) is 4.34 Å². The molecule has 2 aromatic heterocycles. The van der Waals surface area contributed by atoms with E-state index in [-0.39, 0.29) is 6.04 Å². The minimum Gasteiger partial charge on any atom is -0.329 e. The predicted octanol–water partition coefficient (Wildman–Crippen LogP) is 3.73. The summed E-state index contributed by atoms with van der Waals surface area (Å²) in [5.74, 6) is 0. The molecule has 2 aromatic rings. The van der Waals surface area contributed by atoms with Gasteiger partial charge in [0.25, 0.3) is 0 Å². The van der Waals surface area contributed by atoms with Crippen LogP contribution in [0, 0.1) is 0 Å². The summed E-state index contributed by atoms with van der Waals surface area (Å²) in [6.45, 7) is 1.48. The monoisotopic (exact) mass is 373 g/mol. The van der Waals surface area contributed by atoms with Crippen LogP contribution in [0.3, 0.4) is 0 Å². The second-order valence-electron chi connectivity index (χ2n) is 4.57. The van der Waals surface area contributed by atoms with E-state index in [9.17, 15) is 0 Å². The van der Waals surface area contributed by atoms with Gasteiger partial charge in [-0.25, -0.2) is 0 Å². The number of hydrogen-bond donors (Lipinski definition) is 1. The number of pyridine rings is 1. The molecule has 0 fully saturated rings. The highest BCUT2D eigenvalue weighted by Gasteiger charge is 2.19. The molecule has 3 nitrogen and oxygen atoms in total. The summed E-state index contributed by atoms with van der Waals surface area (Å²) in [6, 6.07) is 8.23. The van der Waals surface area contributed by atoms with E-state index in [0.717, 1.165) is 27.5 Å². The highest BCUT2D eigenvalue weighted by Crippen LogP contribution is 2.36. The Labute approximate surface area is 136 Å².